The summed E-state index contributed by atoms with van der Waals surface area (Å²) in [6.45, 7) is 2.83. The second kappa shape index (κ2) is 6.08. The van der Waals surface area contributed by atoms with Crippen molar-refractivity contribution in [3.63, 3.8) is 0 Å². The first-order valence-electron chi connectivity index (χ1n) is 7.28. The number of thiophene rings is 1. The molecule has 0 saturated carbocycles. The maximum absolute atomic E-state index is 11.2. The third-order valence-corrected chi connectivity index (χ3v) is 6.00. The summed E-state index contributed by atoms with van der Waals surface area (Å²) in [7, 11) is 4.15. The Kier molecular flexibility index (Phi) is 4.32. The van der Waals surface area contributed by atoms with E-state index in [9.17, 15) is 5.11 Å². The summed E-state index contributed by atoms with van der Waals surface area (Å²) in [6.07, 6.45) is 2.69. The fourth-order valence-corrected chi connectivity index (χ4v) is 4.70. The van der Waals surface area contributed by atoms with Crippen LogP contribution in [0.4, 0.5) is 0 Å². The highest BCUT2D eigenvalue weighted by Gasteiger charge is 2.33. The molecule has 0 radical (unpaired) electrons. The van der Waals surface area contributed by atoms with Crippen LogP contribution >= 0.6 is 22.7 Å². The number of hydrogen-bond acceptors (Lipinski definition) is 5. The zero-order valence-electron chi connectivity index (χ0n) is 13.0. The van der Waals surface area contributed by atoms with Crippen LogP contribution in [0.1, 0.15) is 22.4 Å². The van der Waals surface area contributed by atoms with E-state index in [0.29, 0.717) is 0 Å². The summed E-state index contributed by atoms with van der Waals surface area (Å²) in [4.78, 5) is 7.77. The molecule has 1 N–H and O–H groups in total. The molecule has 5 heteroatoms. The molecule has 0 saturated heterocycles. The van der Waals surface area contributed by atoms with Gasteiger partial charge in [0.05, 0.1) is 0 Å². The maximum Gasteiger partial charge on any atom is 0.140 e. The largest absolute Gasteiger partial charge is 0.378 e. The quantitative estimate of drug-likeness (QED) is 0.773. The first-order valence-corrected chi connectivity index (χ1v) is 8.97. The number of likely N-dealkylation sites (N-methyl/N-ethyl adjacent to an activating group) is 1. The Labute approximate surface area is 138 Å². The van der Waals surface area contributed by atoms with Crippen molar-refractivity contribution in [2.45, 2.75) is 18.9 Å². The van der Waals surface area contributed by atoms with Gasteiger partial charge in [0.2, 0.25) is 0 Å². The van der Waals surface area contributed by atoms with Crippen LogP contribution in [-0.2, 0) is 12.0 Å². The van der Waals surface area contributed by atoms with Crippen LogP contribution in [0.2, 0.25) is 0 Å². The van der Waals surface area contributed by atoms with Gasteiger partial charge in [-0.05, 0) is 38.9 Å². The van der Waals surface area contributed by atoms with E-state index in [4.69, 9.17) is 0 Å². The van der Waals surface area contributed by atoms with Gasteiger partial charge in [-0.3, -0.25) is 0 Å². The Morgan fingerprint density at radius 3 is 2.73 bits per heavy atom. The van der Waals surface area contributed by atoms with Crippen LogP contribution in [0.3, 0.4) is 0 Å². The molecule has 0 aliphatic heterocycles. The van der Waals surface area contributed by atoms with Gasteiger partial charge in [0, 0.05) is 33.3 Å². The van der Waals surface area contributed by atoms with Crippen molar-refractivity contribution < 1.29 is 5.11 Å². The summed E-state index contributed by atoms with van der Waals surface area (Å²) in [5.41, 5.74) is -0.0278. The van der Waals surface area contributed by atoms with Gasteiger partial charge in [0.25, 0.3) is 0 Å². The molecule has 0 aliphatic carbocycles. The molecule has 0 amide bonds. The van der Waals surface area contributed by atoms with Gasteiger partial charge in [0.1, 0.15) is 10.6 Å². The summed E-state index contributed by atoms with van der Waals surface area (Å²) in [5, 5.41) is 15.0. The fourth-order valence-electron chi connectivity index (χ4n) is 2.70. The number of nitrogens with zero attached hydrogens (tertiary/aromatic N) is 2. The smallest absolute Gasteiger partial charge is 0.140 e. The van der Waals surface area contributed by atoms with Crippen LogP contribution in [-0.4, -0.2) is 35.6 Å². The summed E-state index contributed by atoms with van der Waals surface area (Å²) < 4.78 is 1.23. The minimum atomic E-state index is -1.05. The summed E-state index contributed by atoms with van der Waals surface area (Å²) in [5.74, 6) is 0. The third-order valence-electron chi connectivity index (χ3n) is 3.79. The van der Waals surface area contributed by atoms with Gasteiger partial charge in [-0.15, -0.1) is 22.7 Å². The van der Waals surface area contributed by atoms with Crippen LogP contribution < -0.4 is 0 Å². The average Bonchev–Trinajstić information content (AvgIpc) is 3.12. The molecule has 0 aliphatic rings. The lowest BCUT2D eigenvalue weighted by Gasteiger charge is -2.23. The lowest BCUT2D eigenvalue weighted by Crippen LogP contribution is -2.24. The molecule has 116 valence electrons. The molecule has 22 heavy (non-hydrogen) atoms. The zero-order valence-corrected chi connectivity index (χ0v) is 14.7. The molecule has 0 bridgehead atoms. The van der Waals surface area contributed by atoms with Crippen molar-refractivity contribution in [3.05, 3.63) is 51.3 Å². The molecular weight excluding hydrogens is 312 g/mol. The van der Waals surface area contributed by atoms with Crippen molar-refractivity contribution in [2.75, 3.05) is 20.6 Å². The van der Waals surface area contributed by atoms with Crippen LogP contribution in [0.15, 0.2) is 35.8 Å². The van der Waals surface area contributed by atoms with E-state index in [-0.39, 0.29) is 0 Å². The van der Waals surface area contributed by atoms with Crippen LogP contribution in [0.5, 0.6) is 0 Å². The van der Waals surface area contributed by atoms with E-state index in [1.807, 2.05) is 18.4 Å². The van der Waals surface area contributed by atoms with E-state index >= 15 is 0 Å². The molecule has 0 fully saturated rings. The molecule has 3 nitrogen and oxygen atoms in total. The molecule has 0 spiro atoms. The number of hydrogen-bond donors (Lipinski definition) is 1. The highest BCUT2D eigenvalue weighted by molar-refractivity contribution is 7.19. The highest BCUT2D eigenvalue weighted by atomic mass is 32.1. The molecule has 3 rings (SSSR count). The Balaban J connectivity index is 2.15. The Bertz CT molecular complexity index is 760. The molecule has 3 aromatic rings. The highest BCUT2D eigenvalue weighted by Crippen LogP contribution is 2.42. The third kappa shape index (κ3) is 2.82. The van der Waals surface area contributed by atoms with Crippen molar-refractivity contribution >= 4 is 32.8 Å². The van der Waals surface area contributed by atoms with Crippen LogP contribution in [0.25, 0.3) is 10.1 Å². The molecule has 1 atom stereocenters. The summed E-state index contributed by atoms with van der Waals surface area (Å²) in [6, 6.07) is 8.31. The Morgan fingerprint density at radius 1 is 1.27 bits per heavy atom. The molecular formula is C17H20N2OS2. The first-order chi connectivity index (χ1) is 10.5. The average molecular weight is 332 g/mol. The van der Waals surface area contributed by atoms with E-state index in [2.05, 4.69) is 42.2 Å². The minimum Gasteiger partial charge on any atom is -0.378 e. The fraction of sp³-hybridized carbons (Fsp3) is 0.353. The van der Waals surface area contributed by atoms with Gasteiger partial charge in [-0.25, -0.2) is 4.98 Å². The second-order valence-corrected chi connectivity index (χ2v) is 7.89. The van der Waals surface area contributed by atoms with Gasteiger partial charge >= 0.3 is 0 Å². The second-order valence-electron chi connectivity index (χ2n) is 5.86. The van der Waals surface area contributed by atoms with E-state index in [0.717, 1.165) is 28.9 Å². The van der Waals surface area contributed by atoms with E-state index < -0.39 is 5.60 Å². The minimum absolute atomic E-state index is 0.752. The number of aliphatic hydroxyl groups is 1. The predicted molar refractivity (Wildman–Crippen MR) is 94.9 cm³/mol. The van der Waals surface area contributed by atoms with Crippen molar-refractivity contribution in [3.8, 4) is 0 Å². The van der Waals surface area contributed by atoms with Crippen molar-refractivity contribution in [1.82, 2.24) is 9.88 Å². The number of benzene rings is 1. The Morgan fingerprint density at radius 2 is 2.05 bits per heavy atom. The lowest BCUT2D eigenvalue weighted by molar-refractivity contribution is 0.103. The first kappa shape index (κ1) is 15.6. The topological polar surface area (TPSA) is 36.4 Å². The van der Waals surface area contributed by atoms with Gasteiger partial charge < -0.3 is 10.0 Å². The SMILES string of the molecule is CN(C)CCc1sc2ccccc2c1C(C)(O)c1nccs1. The maximum atomic E-state index is 11.2. The van der Waals surface area contributed by atoms with Crippen molar-refractivity contribution in [1.29, 1.82) is 0 Å². The molecule has 2 heterocycles. The predicted octanol–water partition coefficient (Wildman–Crippen LogP) is 3.72. The normalized spacial score (nSPS) is 14.6. The van der Waals surface area contributed by atoms with Crippen molar-refractivity contribution in [2.24, 2.45) is 0 Å². The number of thiazole rings is 1. The van der Waals surface area contributed by atoms with E-state index in [1.54, 1.807) is 17.5 Å². The molecule has 1 unspecified atom stereocenters. The number of fused-ring (bicyclic) bond motifs is 1. The zero-order chi connectivity index (χ0) is 15.7. The van der Waals surface area contributed by atoms with E-state index in [1.165, 1.54) is 20.9 Å². The standard InChI is InChI=1S/C17H20N2OS2/c1-17(20,16-18-9-11-21-16)15-12-6-4-5-7-13(12)22-14(15)8-10-19(2)3/h4-7,9,11,20H,8,10H2,1-3H3. The molecule has 2 aromatic heterocycles. The lowest BCUT2D eigenvalue weighted by atomic mass is 9.92. The van der Waals surface area contributed by atoms with Gasteiger partial charge in [-0.1, -0.05) is 18.2 Å². The number of rotatable bonds is 5. The summed E-state index contributed by atoms with van der Waals surface area (Å²) >= 11 is 3.28. The Hall–Kier alpha value is -1.27. The number of aromatic nitrogens is 1. The van der Waals surface area contributed by atoms with Gasteiger partial charge in [-0.2, -0.15) is 0 Å². The van der Waals surface area contributed by atoms with Gasteiger partial charge in [0.15, 0.2) is 0 Å². The molecule has 1 aromatic carbocycles. The monoisotopic (exact) mass is 332 g/mol. The van der Waals surface area contributed by atoms with Crippen LogP contribution in [0, 0.1) is 0 Å².